The highest BCUT2D eigenvalue weighted by Crippen LogP contribution is 2.16. The molecule has 0 aliphatic heterocycles. The number of rotatable bonds is 3. The third-order valence-corrected chi connectivity index (χ3v) is 6.62. The van der Waals surface area contributed by atoms with Crippen LogP contribution in [0.2, 0.25) is 0 Å². The van der Waals surface area contributed by atoms with Crippen LogP contribution >= 0.6 is 0 Å². The van der Waals surface area contributed by atoms with Gasteiger partial charge in [0.2, 0.25) is 0 Å². The summed E-state index contributed by atoms with van der Waals surface area (Å²) in [6.45, 7) is 11.7. The molecule has 0 N–H and O–H groups in total. The van der Waals surface area contributed by atoms with Gasteiger partial charge in [-0.2, -0.15) is 0 Å². The van der Waals surface area contributed by atoms with E-state index in [4.69, 9.17) is 0 Å². The van der Waals surface area contributed by atoms with E-state index in [0.717, 1.165) is 6.04 Å². The van der Waals surface area contributed by atoms with Crippen LogP contribution in [0.15, 0.2) is 0 Å². The second-order valence-corrected chi connectivity index (χ2v) is 7.43. The molecule has 0 saturated heterocycles. The number of hydrogen-bond donors (Lipinski definition) is 0. The van der Waals surface area contributed by atoms with Crippen LogP contribution in [-0.2, 0) is 0 Å². The van der Waals surface area contributed by atoms with Crippen molar-refractivity contribution >= 4 is 19.0 Å². The molecular formula is C8H23NSi2. The maximum Gasteiger partial charge on any atom is 0.0765 e. The van der Waals surface area contributed by atoms with Gasteiger partial charge in [-0.05, 0) is 33.2 Å². The van der Waals surface area contributed by atoms with E-state index in [1.807, 2.05) is 0 Å². The Balaban J connectivity index is 4.16. The lowest BCUT2D eigenvalue weighted by Gasteiger charge is -2.39. The molecule has 0 bridgehead atoms. The molecule has 0 aromatic heterocycles. The van der Waals surface area contributed by atoms with E-state index in [0.29, 0.717) is 5.54 Å². The minimum atomic E-state index is 0.138. The Morgan fingerprint density at radius 1 is 1.45 bits per heavy atom. The third-order valence-electron chi connectivity index (χ3n) is 2.33. The minimum absolute atomic E-state index is 0.138. The molecule has 0 rings (SSSR count). The molecule has 11 heavy (non-hydrogen) atoms. The van der Waals surface area contributed by atoms with Crippen LogP contribution in [0.25, 0.3) is 0 Å². The summed E-state index contributed by atoms with van der Waals surface area (Å²) in [5.74, 6) is 0. The smallest absolute Gasteiger partial charge is 0.0765 e. The van der Waals surface area contributed by atoms with E-state index in [1.165, 1.54) is 16.2 Å². The number of hydrogen-bond acceptors (Lipinski definition) is 1. The molecule has 0 spiro atoms. The Labute approximate surface area is 76.7 Å². The fraction of sp³-hybridized carbons (Fsp3) is 1.00. The Morgan fingerprint density at radius 2 is 1.91 bits per heavy atom. The van der Waals surface area contributed by atoms with Crippen LogP contribution in [0, 0.1) is 0 Å². The maximum absolute atomic E-state index is 2.74. The van der Waals surface area contributed by atoms with Gasteiger partial charge in [0.15, 0.2) is 0 Å². The van der Waals surface area contributed by atoms with Gasteiger partial charge in [-0.1, -0.05) is 13.8 Å². The van der Waals surface area contributed by atoms with Crippen molar-refractivity contribution in [2.75, 3.05) is 0 Å². The standard InChI is InChI=1S/C8H23NSi2/c1-6-7(2)9(11-10)8(3,4)5/h7H,6,11H2,1-5,10H3. The van der Waals surface area contributed by atoms with Crippen molar-refractivity contribution in [3.05, 3.63) is 0 Å². The van der Waals surface area contributed by atoms with Gasteiger partial charge in [0, 0.05) is 15.3 Å². The van der Waals surface area contributed by atoms with Gasteiger partial charge in [0.1, 0.15) is 0 Å². The Morgan fingerprint density at radius 3 is 2.00 bits per heavy atom. The van der Waals surface area contributed by atoms with Gasteiger partial charge in [-0.25, -0.2) is 0 Å². The Kier molecular flexibility index (Phi) is 4.59. The second kappa shape index (κ2) is 4.43. The average Bonchev–Trinajstić information content (AvgIpc) is 1.86. The second-order valence-electron chi connectivity index (χ2n) is 4.21. The van der Waals surface area contributed by atoms with E-state index < -0.39 is 0 Å². The first kappa shape index (κ1) is 11.4. The molecule has 0 saturated carbocycles. The predicted molar refractivity (Wildman–Crippen MR) is 59.8 cm³/mol. The molecule has 0 heterocycles. The summed E-state index contributed by atoms with van der Waals surface area (Å²) in [5, 5.41) is 0. The fourth-order valence-corrected chi connectivity index (χ4v) is 8.21. The molecule has 0 aromatic carbocycles. The lowest BCUT2D eigenvalue weighted by atomic mass is 10.1. The molecule has 0 aliphatic carbocycles. The molecule has 1 unspecified atom stereocenters. The van der Waals surface area contributed by atoms with Crippen LogP contribution in [0.3, 0.4) is 0 Å². The van der Waals surface area contributed by atoms with Gasteiger partial charge in [0.05, 0.1) is 9.20 Å². The van der Waals surface area contributed by atoms with Gasteiger partial charge in [0.25, 0.3) is 0 Å². The predicted octanol–water partition coefficient (Wildman–Crippen LogP) is 0.250. The van der Waals surface area contributed by atoms with Crippen molar-refractivity contribution in [3.8, 4) is 0 Å². The zero-order chi connectivity index (χ0) is 9.07. The molecule has 0 amide bonds. The topological polar surface area (TPSA) is 3.24 Å². The first-order chi connectivity index (χ1) is 4.93. The highest BCUT2D eigenvalue weighted by atomic mass is 29.1. The monoisotopic (exact) mass is 189 g/mol. The van der Waals surface area contributed by atoms with Crippen molar-refractivity contribution in [2.45, 2.75) is 52.6 Å². The zero-order valence-electron chi connectivity index (χ0n) is 8.94. The van der Waals surface area contributed by atoms with Crippen LogP contribution in [-0.4, -0.2) is 35.1 Å². The summed E-state index contributed by atoms with van der Waals surface area (Å²) < 4.78 is 2.74. The fourth-order valence-electron chi connectivity index (χ4n) is 1.67. The molecule has 3 heteroatoms. The molecule has 0 aliphatic rings. The summed E-state index contributed by atoms with van der Waals surface area (Å²) >= 11 is 0. The Hall–Kier alpha value is 0.394. The summed E-state index contributed by atoms with van der Waals surface area (Å²) in [7, 11) is 1.56. The minimum Gasteiger partial charge on any atom is -0.325 e. The van der Waals surface area contributed by atoms with Crippen molar-refractivity contribution in [2.24, 2.45) is 0 Å². The molecule has 0 radical (unpaired) electrons. The van der Waals surface area contributed by atoms with Crippen molar-refractivity contribution in [1.29, 1.82) is 0 Å². The highest BCUT2D eigenvalue weighted by molar-refractivity contribution is 6.87. The van der Waals surface area contributed by atoms with E-state index in [-0.39, 0.29) is 9.20 Å². The highest BCUT2D eigenvalue weighted by Gasteiger charge is 2.22. The van der Waals surface area contributed by atoms with Crippen LogP contribution in [0.5, 0.6) is 0 Å². The molecule has 0 aromatic rings. The van der Waals surface area contributed by atoms with Gasteiger partial charge >= 0.3 is 0 Å². The van der Waals surface area contributed by atoms with E-state index in [1.54, 1.807) is 0 Å². The quantitative estimate of drug-likeness (QED) is 0.576. The van der Waals surface area contributed by atoms with Gasteiger partial charge in [-0.3, -0.25) is 0 Å². The van der Waals surface area contributed by atoms with E-state index >= 15 is 0 Å². The first-order valence-electron chi connectivity index (χ1n) is 4.70. The van der Waals surface area contributed by atoms with Gasteiger partial charge < -0.3 is 4.57 Å². The maximum atomic E-state index is 2.74. The van der Waals surface area contributed by atoms with E-state index in [9.17, 15) is 0 Å². The largest absolute Gasteiger partial charge is 0.325 e. The lowest BCUT2D eigenvalue weighted by Crippen LogP contribution is -2.49. The van der Waals surface area contributed by atoms with Crippen LogP contribution in [0.4, 0.5) is 0 Å². The van der Waals surface area contributed by atoms with E-state index in [2.05, 4.69) is 39.2 Å². The number of nitrogens with zero attached hydrogens (tertiary/aromatic N) is 1. The molecular weight excluding hydrogens is 166 g/mol. The molecule has 1 atom stereocenters. The van der Waals surface area contributed by atoms with Crippen molar-refractivity contribution < 1.29 is 0 Å². The van der Waals surface area contributed by atoms with Crippen LogP contribution < -0.4 is 0 Å². The van der Waals surface area contributed by atoms with Gasteiger partial charge in [-0.15, -0.1) is 0 Å². The molecule has 0 fully saturated rings. The molecule has 1 nitrogen and oxygen atoms in total. The third kappa shape index (κ3) is 3.53. The summed E-state index contributed by atoms with van der Waals surface area (Å²) in [4.78, 5) is 0. The first-order valence-corrected chi connectivity index (χ1v) is 11.0. The average molecular weight is 189 g/mol. The summed E-state index contributed by atoms with van der Waals surface area (Å²) in [5.41, 5.74) is 0.420. The summed E-state index contributed by atoms with van der Waals surface area (Å²) in [6, 6.07) is 0.805. The van der Waals surface area contributed by atoms with Crippen molar-refractivity contribution in [1.82, 2.24) is 4.57 Å². The van der Waals surface area contributed by atoms with Crippen LogP contribution in [0.1, 0.15) is 41.0 Å². The Bertz CT molecular complexity index is 109. The van der Waals surface area contributed by atoms with Crippen molar-refractivity contribution in [3.63, 3.8) is 0 Å². The molecule has 68 valence electrons. The SMILES string of the molecule is CCC(C)N([SiH2][SiH3])C(C)(C)C. The summed E-state index contributed by atoms with van der Waals surface area (Å²) in [6.07, 6.45) is 1.30. The normalized spacial score (nSPS) is 16.9. The zero-order valence-corrected chi connectivity index (χ0v) is 12.4. The lowest BCUT2D eigenvalue weighted by molar-refractivity contribution is 0.201.